The summed E-state index contributed by atoms with van der Waals surface area (Å²) in [7, 11) is 1.94. The first kappa shape index (κ1) is 21.3. The lowest BCUT2D eigenvalue weighted by atomic mass is 10.0. The Hall–Kier alpha value is -4.20. The summed E-state index contributed by atoms with van der Waals surface area (Å²) in [6.45, 7) is 5.31. The summed E-state index contributed by atoms with van der Waals surface area (Å²) < 4.78 is 3.85. The van der Waals surface area contributed by atoms with Crippen LogP contribution in [0.1, 0.15) is 12.0 Å². The Bertz CT molecular complexity index is 1530. The number of carbonyl (C=O) groups is 1. The van der Waals surface area contributed by atoms with Crippen molar-refractivity contribution in [1.82, 2.24) is 29.4 Å². The zero-order valence-corrected chi connectivity index (χ0v) is 19.9. The molecule has 6 rings (SSSR count). The fraction of sp³-hybridized carbons (Fsp3) is 0.259. The standard InChI is InChI=1S/C27H27N7O/c1-19-6-3-8-22-26(21-7-4-9-24-23(21)17-31(2)29-24)30-34(27(19)22)20-10-11-25(28-16-20)33-13-5-12-32(18-35)14-15-33/h3-4,6-11,16-18H,5,12-15H2,1-2H3. The molecule has 8 nitrogen and oxygen atoms in total. The zero-order chi connectivity index (χ0) is 23.9. The topological polar surface area (TPSA) is 72.1 Å². The molecule has 2 aromatic carbocycles. The Morgan fingerprint density at radius 1 is 0.914 bits per heavy atom. The molecule has 3 aromatic heterocycles. The minimum absolute atomic E-state index is 0.721. The highest BCUT2D eigenvalue weighted by Crippen LogP contribution is 2.35. The van der Waals surface area contributed by atoms with E-state index < -0.39 is 0 Å². The van der Waals surface area contributed by atoms with Gasteiger partial charge < -0.3 is 9.80 Å². The van der Waals surface area contributed by atoms with Crippen LogP contribution in [0.15, 0.2) is 60.9 Å². The van der Waals surface area contributed by atoms with Crippen LogP contribution in [-0.2, 0) is 11.8 Å². The SMILES string of the molecule is Cc1cccc2c(-c3cccc4nn(C)cc34)nn(-c3ccc(N4CCCN(C=O)CC4)nc3)c12. The van der Waals surface area contributed by atoms with Crippen molar-refractivity contribution in [3.8, 4) is 16.9 Å². The van der Waals surface area contributed by atoms with Gasteiger partial charge in [0.1, 0.15) is 11.5 Å². The summed E-state index contributed by atoms with van der Waals surface area (Å²) in [5, 5.41) is 11.9. The van der Waals surface area contributed by atoms with E-state index in [9.17, 15) is 4.79 Å². The van der Waals surface area contributed by atoms with Gasteiger partial charge in [0.25, 0.3) is 0 Å². The van der Waals surface area contributed by atoms with Crippen LogP contribution in [0.4, 0.5) is 5.82 Å². The Labute approximate surface area is 203 Å². The molecular weight excluding hydrogens is 438 g/mol. The van der Waals surface area contributed by atoms with E-state index >= 15 is 0 Å². The number of nitrogens with zero attached hydrogens (tertiary/aromatic N) is 7. The normalized spacial score (nSPS) is 14.6. The second-order valence-electron chi connectivity index (χ2n) is 9.13. The number of benzene rings is 2. The summed E-state index contributed by atoms with van der Waals surface area (Å²) in [5.41, 5.74) is 6.12. The fourth-order valence-electron chi connectivity index (χ4n) is 5.05. The molecular formula is C27H27N7O. The van der Waals surface area contributed by atoms with Gasteiger partial charge in [0.15, 0.2) is 0 Å². The molecule has 0 unspecified atom stereocenters. The molecule has 0 atom stereocenters. The number of carbonyl (C=O) groups excluding carboxylic acids is 1. The predicted molar refractivity (Wildman–Crippen MR) is 138 cm³/mol. The van der Waals surface area contributed by atoms with Crippen molar-refractivity contribution in [2.75, 3.05) is 31.1 Å². The Kier molecular flexibility index (Phi) is 5.21. The maximum atomic E-state index is 11.1. The minimum atomic E-state index is 0.721. The number of anilines is 1. The first-order valence-corrected chi connectivity index (χ1v) is 11.9. The molecule has 176 valence electrons. The fourth-order valence-corrected chi connectivity index (χ4v) is 5.05. The molecule has 0 aliphatic carbocycles. The average Bonchev–Trinajstić information content (AvgIpc) is 3.36. The van der Waals surface area contributed by atoms with Crippen molar-refractivity contribution < 1.29 is 4.79 Å². The van der Waals surface area contributed by atoms with E-state index in [0.29, 0.717) is 0 Å². The number of amides is 1. The van der Waals surface area contributed by atoms with Gasteiger partial charge in [0.05, 0.1) is 22.9 Å². The second-order valence-corrected chi connectivity index (χ2v) is 9.13. The number of aromatic nitrogens is 5. The van der Waals surface area contributed by atoms with Gasteiger partial charge in [-0.2, -0.15) is 10.2 Å². The zero-order valence-electron chi connectivity index (χ0n) is 19.9. The number of aryl methyl sites for hydroxylation is 2. The molecule has 0 spiro atoms. The minimum Gasteiger partial charge on any atom is -0.355 e. The Morgan fingerprint density at radius 2 is 1.80 bits per heavy atom. The quantitative estimate of drug-likeness (QED) is 0.376. The molecule has 5 aromatic rings. The number of fused-ring (bicyclic) bond motifs is 2. The molecule has 1 saturated heterocycles. The van der Waals surface area contributed by atoms with Crippen molar-refractivity contribution in [3.63, 3.8) is 0 Å². The summed E-state index contributed by atoms with van der Waals surface area (Å²) >= 11 is 0. The molecule has 1 amide bonds. The third-order valence-corrected chi connectivity index (χ3v) is 6.80. The van der Waals surface area contributed by atoms with E-state index in [0.717, 1.165) is 89.1 Å². The number of rotatable bonds is 4. The van der Waals surface area contributed by atoms with Gasteiger partial charge in [0, 0.05) is 55.8 Å². The van der Waals surface area contributed by atoms with E-state index in [1.165, 1.54) is 0 Å². The van der Waals surface area contributed by atoms with Gasteiger partial charge in [-0.1, -0.05) is 30.3 Å². The Morgan fingerprint density at radius 3 is 2.63 bits per heavy atom. The van der Waals surface area contributed by atoms with Crippen molar-refractivity contribution in [2.45, 2.75) is 13.3 Å². The van der Waals surface area contributed by atoms with Crippen LogP contribution in [0.5, 0.6) is 0 Å². The number of para-hydroxylation sites is 1. The van der Waals surface area contributed by atoms with Crippen LogP contribution >= 0.6 is 0 Å². The van der Waals surface area contributed by atoms with Crippen LogP contribution in [0.25, 0.3) is 38.8 Å². The first-order valence-electron chi connectivity index (χ1n) is 11.9. The van der Waals surface area contributed by atoms with Gasteiger partial charge in [-0.25, -0.2) is 9.67 Å². The van der Waals surface area contributed by atoms with E-state index in [-0.39, 0.29) is 0 Å². The molecule has 0 bridgehead atoms. The second kappa shape index (κ2) is 8.54. The van der Waals surface area contributed by atoms with Crippen LogP contribution in [0.2, 0.25) is 0 Å². The highest BCUT2D eigenvalue weighted by Gasteiger charge is 2.19. The smallest absolute Gasteiger partial charge is 0.209 e. The van der Waals surface area contributed by atoms with Crippen molar-refractivity contribution in [1.29, 1.82) is 0 Å². The van der Waals surface area contributed by atoms with E-state index in [1.54, 1.807) is 0 Å². The van der Waals surface area contributed by atoms with Crippen LogP contribution < -0.4 is 4.90 Å². The molecule has 8 heteroatoms. The maximum absolute atomic E-state index is 11.1. The van der Waals surface area contributed by atoms with Crippen molar-refractivity contribution >= 4 is 34.0 Å². The largest absolute Gasteiger partial charge is 0.355 e. The molecule has 4 heterocycles. The maximum Gasteiger partial charge on any atom is 0.209 e. The van der Waals surface area contributed by atoms with E-state index in [2.05, 4.69) is 59.5 Å². The van der Waals surface area contributed by atoms with E-state index in [4.69, 9.17) is 10.1 Å². The highest BCUT2D eigenvalue weighted by molar-refractivity contribution is 6.03. The van der Waals surface area contributed by atoms with E-state index in [1.807, 2.05) is 39.6 Å². The predicted octanol–water partition coefficient (Wildman–Crippen LogP) is 3.95. The summed E-state index contributed by atoms with van der Waals surface area (Å²) in [4.78, 5) is 20.0. The van der Waals surface area contributed by atoms with Crippen molar-refractivity contribution in [3.05, 3.63) is 66.5 Å². The average molecular weight is 466 g/mol. The van der Waals surface area contributed by atoms with Gasteiger partial charge in [-0.05, 0) is 37.1 Å². The molecule has 35 heavy (non-hydrogen) atoms. The summed E-state index contributed by atoms with van der Waals surface area (Å²) in [5.74, 6) is 0.926. The Balaban J connectivity index is 1.43. The monoisotopic (exact) mass is 465 g/mol. The number of hydrogen-bond acceptors (Lipinski definition) is 5. The third kappa shape index (κ3) is 3.71. The molecule has 0 radical (unpaired) electrons. The van der Waals surface area contributed by atoms with Gasteiger partial charge in [0.2, 0.25) is 6.41 Å². The number of hydrogen-bond donors (Lipinski definition) is 0. The molecule has 0 N–H and O–H groups in total. The third-order valence-electron chi connectivity index (χ3n) is 6.80. The summed E-state index contributed by atoms with van der Waals surface area (Å²) in [6, 6.07) is 16.7. The van der Waals surface area contributed by atoms with Gasteiger partial charge in [-0.15, -0.1) is 0 Å². The number of pyridine rings is 1. The summed E-state index contributed by atoms with van der Waals surface area (Å²) in [6.07, 6.45) is 5.82. The van der Waals surface area contributed by atoms with Gasteiger partial charge >= 0.3 is 0 Å². The van der Waals surface area contributed by atoms with Crippen LogP contribution in [0.3, 0.4) is 0 Å². The van der Waals surface area contributed by atoms with Crippen molar-refractivity contribution in [2.24, 2.45) is 7.05 Å². The van der Waals surface area contributed by atoms with Crippen LogP contribution in [0, 0.1) is 6.92 Å². The molecule has 1 aliphatic heterocycles. The van der Waals surface area contributed by atoms with Crippen LogP contribution in [-0.4, -0.2) is 62.0 Å². The molecule has 1 fully saturated rings. The molecule has 0 saturated carbocycles. The first-order chi connectivity index (χ1) is 17.1. The highest BCUT2D eigenvalue weighted by atomic mass is 16.1. The lowest BCUT2D eigenvalue weighted by molar-refractivity contribution is -0.117. The lowest BCUT2D eigenvalue weighted by Crippen LogP contribution is -2.30. The van der Waals surface area contributed by atoms with Gasteiger partial charge in [-0.3, -0.25) is 9.48 Å². The molecule has 1 aliphatic rings. The lowest BCUT2D eigenvalue weighted by Gasteiger charge is -2.21.